The molecule has 2 unspecified atom stereocenters. The van der Waals surface area contributed by atoms with Gasteiger partial charge in [-0.15, -0.1) is 12.4 Å². The van der Waals surface area contributed by atoms with E-state index in [-0.39, 0.29) is 60.7 Å². The summed E-state index contributed by atoms with van der Waals surface area (Å²) in [6.07, 6.45) is 1.80. The average molecular weight is 451 g/mol. The standard InChI is InChI=1S/C20H22N4O6.ClH/c21-11-3-2-8-23(9-11)16(26)10-30-14-5-1-4-12-17(14)20(29)24(19(12)28)13-6-7-15(25)22-18(13)27;/h1,4-5,11,13H,2-3,6-10,21H2,(H,22,25,27);1H. The number of amides is 5. The van der Waals surface area contributed by atoms with E-state index in [1.165, 1.54) is 12.1 Å². The summed E-state index contributed by atoms with van der Waals surface area (Å²) in [6.45, 7) is 0.766. The molecular formula is C20H23ClN4O6. The Hall–Kier alpha value is -2.98. The van der Waals surface area contributed by atoms with Crippen molar-refractivity contribution in [3.8, 4) is 5.75 Å². The summed E-state index contributed by atoms with van der Waals surface area (Å²) in [5.74, 6) is -2.56. The Balaban J connectivity index is 0.00000272. The minimum Gasteiger partial charge on any atom is -0.483 e. The van der Waals surface area contributed by atoms with Gasteiger partial charge in [0.2, 0.25) is 11.8 Å². The number of imide groups is 2. The molecule has 0 bridgehead atoms. The van der Waals surface area contributed by atoms with E-state index in [2.05, 4.69) is 5.32 Å². The van der Waals surface area contributed by atoms with Gasteiger partial charge in [-0.05, 0) is 31.4 Å². The van der Waals surface area contributed by atoms with Gasteiger partial charge >= 0.3 is 0 Å². The fourth-order valence-corrected chi connectivity index (χ4v) is 4.07. The molecule has 2 atom stereocenters. The first kappa shape index (κ1) is 22.7. The zero-order chi connectivity index (χ0) is 21.4. The topological polar surface area (TPSA) is 139 Å². The van der Waals surface area contributed by atoms with Gasteiger partial charge in [-0.1, -0.05) is 6.07 Å². The van der Waals surface area contributed by atoms with Crippen LogP contribution in [-0.2, 0) is 14.4 Å². The molecule has 1 aromatic carbocycles. The molecule has 3 aliphatic rings. The maximum absolute atomic E-state index is 13.0. The minimum atomic E-state index is -1.06. The summed E-state index contributed by atoms with van der Waals surface area (Å²) < 4.78 is 5.61. The number of carbonyl (C=O) groups excluding carboxylic acids is 5. The van der Waals surface area contributed by atoms with Crippen LogP contribution in [0.2, 0.25) is 0 Å². The van der Waals surface area contributed by atoms with E-state index in [1.54, 1.807) is 11.0 Å². The van der Waals surface area contributed by atoms with Gasteiger partial charge in [0, 0.05) is 25.6 Å². The van der Waals surface area contributed by atoms with E-state index < -0.39 is 29.7 Å². The summed E-state index contributed by atoms with van der Waals surface area (Å²) in [5, 5.41) is 2.15. The van der Waals surface area contributed by atoms with Crippen molar-refractivity contribution >= 4 is 41.9 Å². The maximum atomic E-state index is 13.0. The lowest BCUT2D eigenvalue weighted by molar-refractivity contribution is -0.136. The summed E-state index contributed by atoms with van der Waals surface area (Å²) in [7, 11) is 0. The smallest absolute Gasteiger partial charge is 0.266 e. The molecule has 0 spiro atoms. The monoisotopic (exact) mass is 450 g/mol. The van der Waals surface area contributed by atoms with Crippen LogP contribution < -0.4 is 15.8 Å². The highest BCUT2D eigenvalue weighted by atomic mass is 35.5. The number of rotatable bonds is 4. The molecule has 2 fully saturated rings. The molecular weight excluding hydrogens is 428 g/mol. The number of carbonyl (C=O) groups is 5. The number of hydrogen-bond acceptors (Lipinski definition) is 7. The van der Waals surface area contributed by atoms with E-state index in [9.17, 15) is 24.0 Å². The SMILES string of the molecule is Cl.NC1CCCN(C(=O)COc2cccc3c2C(=O)N(C2CCC(=O)NC2=O)C3=O)C1. The first-order valence-electron chi connectivity index (χ1n) is 9.87. The van der Waals surface area contributed by atoms with Crippen molar-refractivity contribution in [1.82, 2.24) is 15.1 Å². The molecule has 31 heavy (non-hydrogen) atoms. The van der Waals surface area contributed by atoms with E-state index in [1.807, 2.05) is 0 Å². The Morgan fingerprint density at radius 3 is 2.65 bits per heavy atom. The van der Waals surface area contributed by atoms with Crippen molar-refractivity contribution in [1.29, 1.82) is 0 Å². The number of nitrogens with zero attached hydrogens (tertiary/aromatic N) is 2. The normalized spacial score (nSPS) is 23.3. The molecule has 2 saturated heterocycles. The Labute approximate surface area is 184 Å². The number of nitrogens with one attached hydrogen (secondary N) is 1. The van der Waals surface area contributed by atoms with Crippen molar-refractivity contribution < 1.29 is 28.7 Å². The van der Waals surface area contributed by atoms with Crippen LogP contribution in [-0.4, -0.2) is 71.1 Å². The average Bonchev–Trinajstić information content (AvgIpc) is 2.97. The predicted molar refractivity (Wildman–Crippen MR) is 110 cm³/mol. The van der Waals surface area contributed by atoms with Gasteiger partial charge in [-0.2, -0.15) is 0 Å². The second-order valence-corrected chi connectivity index (χ2v) is 7.66. The molecule has 3 aliphatic heterocycles. The van der Waals surface area contributed by atoms with Crippen LogP contribution in [0, 0.1) is 0 Å². The van der Waals surface area contributed by atoms with Crippen molar-refractivity contribution in [2.45, 2.75) is 37.8 Å². The zero-order valence-corrected chi connectivity index (χ0v) is 17.5. The largest absolute Gasteiger partial charge is 0.483 e. The number of likely N-dealkylation sites (tertiary alicyclic amines) is 1. The van der Waals surface area contributed by atoms with Gasteiger partial charge in [-0.3, -0.25) is 34.2 Å². The number of benzene rings is 1. The van der Waals surface area contributed by atoms with Crippen molar-refractivity contribution in [2.75, 3.05) is 19.7 Å². The van der Waals surface area contributed by atoms with Gasteiger partial charge < -0.3 is 15.4 Å². The Morgan fingerprint density at radius 1 is 1.16 bits per heavy atom. The number of nitrogens with two attached hydrogens (primary N) is 1. The molecule has 3 heterocycles. The lowest BCUT2D eigenvalue weighted by Gasteiger charge is -2.30. The van der Waals surface area contributed by atoms with Crippen LogP contribution in [0.3, 0.4) is 0 Å². The highest BCUT2D eigenvalue weighted by molar-refractivity contribution is 6.24. The third-order valence-electron chi connectivity index (χ3n) is 5.59. The highest BCUT2D eigenvalue weighted by Gasteiger charge is 2.46. The molecule has 1 aromatic rings. The molecule has 11 heteroatoms. The minimum absolute atomic E-state index is 0. The third kappa shape index (κ3) is 4.26. The number of ether oxygens (including phenoxy) is 1. The lowest BCUT2D eigenvalue weighted by atomic mass is 10.0. The Kier molecular flexibility index (Phi) is 6.61. The molecule has 0 radical (unpaired) electrons. The Morgan fingerprint density at radius 2 is 1.94 bits per heavy atom. The molecule has 0 saturated carbocycles. The fourth-order valence-electron chi connectivity index (χ4n) is 4.07. The highest BCUT2D eigenvalue weighted by Crippen LogP contribution is 2.33. The van der Waals surface area contributed by atoms with Crippen molar-refractivity contribution in [3.05, 3.63) is 29.3 Å². The molecule has 0 aliphatic carbocycles. The summed E-state index contributed by atoms with van der Waals surface area (Å²) in [6, 6.07) is 3.41. The van der Waals surface area contributed by atoms with E-state index in [0.717, 1.165) is 17.7 Å². The van der Waals surface area contributed by atoms with Crippen LogP contribution in [0.1, 0.15) is 46.4 Å². The lowest BCUT2D eigenvalue weighted by Crippen LogP contribution is -2.54. The van der Waals surface area contributed by atoms with Crippen LogP contribution in [0.15, 0.2) is 18.2 Å². The van der Waals surface area contributed by atoms with E-state index >= 15 is 0 Å². The summed E-state index contributed by atoms with van der Waals surface area (Å²) in [5.41, 5.74) is 6.04. The Bertz CT molecular complexity index is 952. The zero-order valence-electron chi connectivity index (χ0n) is 16.7. The third-order valence-corrected chi connectivity index (χ3v) is 5.59. The van der Waals surface area contributed by atoms with Crippen molar-refractivity contribution in [3.63, 3.8) is 0 Å². The molecule has 166 valence electrons. The van der Waals surface area contributed by atoms with Crippen LogP contribution >= 0.6 is 12.4 Å². The second-order valence-electron chi connectivity index (χ2n) is 7.66. The van der Waals surface area contributed by atoms with Gasteiger partial charge in [0.25, 0.3) is 17.7 Å². The first-order chi connectivity index (χ1) is 14.4. The van der Waals surface area contributed by atoms with E-state index in [4.69, 9.17) is 10.5 Å². The molecule has 10 nitrogen and oxygen atoms in total. The molecule has 0 aromatic heterocycles. The predicted octanol–water partition coefficient (Wildman–Crippen LogP) is -0.162. The summed E-state index contributed by atoms with van der Waals surface area (Å²) >= 11 is 0. The van der Waals surface area contributed by atoms with Gasteiger partial charge in [0.1, 0.15) is 11.8 Å². The summed E-state index contributed by atoms with van der Waals surface area (Å²) in [4.78, 5) is 64.3. The van der Waals surface area contributed by atoms with Crippen LogP contribution in [0.25, 0.3) is 0 Å². The molecule has 4 rings (SSSR count). The van der Waals surface area contributed by atoms with Crippen LogP contribution in [0.4, 0.5) is 0 Å². The number of piperidine rings is 2. The van der Waals surface area contributed by atoms with Gasteiger partial charge in [0.15, 0.2) is 6.61 Å². The van der Waals surface area contributed by atoms with Gasteiger partial charge in [-0.25, -0.2) is 0 Å². The molecule has 5 amide bonds. The fraction of sp³-hybridized carbons (Fsp3) is 0.450. The van der Waals surface area contributed by atoms with E-state index in [0.29, 0.717) is 13.1 Å². The first-order valence-corrected chi connectivity index (χ1v) is 9.87. The number of halogens is 1. The maximum Gasteiger partial charge on any atom is 0.266 e. The van der Waals surface area contributed by atoms with Crippen LogP contribution in [0.5, 0.6) is 5.75 Å². The van der Waals surface area contributed by atoms with Crippen molar-refractivity contribution in [2.24, 2.45) is 5.73 Å². The molecule has 3 N–H and O–H groups in total. The number of fused-ring (bicyclic) bond motifs is 1. The quantitative estimate of drug-likeness (QED) is 0.607. The van der Waals surface area contributed by atoms with Gasteiger partial charge in [0.05, 0.1) is 11.1 Å². The second kappa shape index (κ2) is 9.03. The number of hydrogen-bond donors (Lipinski definition) is 2.